The van der Waals surface area contributed by atoms with Crippen LogP contribution in [0.1, 0.15) is 31.2 Å². The number of alkyl halides is 3. The number of benzene rings is 2. The summed E-state index contributed by atoms with van der Waals surface area (Å²) in [4.78, 5) is 77.1. The number of likely N-dealkylation sites (tertiary alicyclic amines) is 1. The maximum atomic E-state index is 14.4. The first-order valence-electron chi connectivity index (χ1n) is 15.0. The second kappa shape index (κ2) is 11.9. The zero-order valence-electron chi connectivity index (χ0n) is 26.1. The van der Waals surface area contributed by atoms with Gasteiger partial charge in [0.25, 0.3) is 11.8 Å². The van der Waals surface area contributed by atoms with Crippen molar-refractivity contribution in [3.05, 3.63) is 67.8 Å². The molecule has 0 unspecified atom stereocenters. The topological polar surface area (TPSA) is 194 Å². The Morgan fingerprint density at radius 2 is 1.67 bits per heavy atom. The standard InChI is InChI=1S/C31H28BrCl2N5O10/c1-4-49-21-7-5-6-17(25(21)40)23-15-8-9-16-22(18(15)12-30(33)28(43)36(13-32)29(44)31(23,30)34)27(42)37(26(16)41)14-10-19(38(45)46)24(35(2)3)20(11-14)39(47)48/h5-8,10-11,16,18,22-23,40H,4,9,12-13H2,1-3H3/t16-,18+,22-,23+,30+,31-/m0/s1. The molecule has 2 aromatic carbocycles. The molecule has 258 valence electrons. The number of phenols is 1. The third-order valence-corrected chi connectivity index (χ3v) is 11.7. The maximum absolute atomic E-state index is 14.4. The lowest BCUT2D eigenvalue weighted by molar-refractivity contribution is -0.392. The normalized spacial score (nSPS) is 29.0. The van der Waals surface area contributed by atoms with Crippen molar-refractivity contribution in [1.82, 2.24) is 4.90 Å². The average Bonchev–Trinajstić information content (AvgIpc) is 3.39. The van der Waals surface area contributed by atoms with E-state index >= 15 is 0 Å². The van der Waals surface area contributed by atoms with E-state index in [9.17, 15) is 44.5 Å². The van der Waals surface area contributed by atoms with Gasteiger partial charge in [0.1, 0.15) is 0 Å². The number of carbonyl (C=O) groups is 4. The van der Waals surface area contributed by atoms with Gasteiger partial charge in [0.2, 0.25) is 11.8 Å². The second-order valence-corrected chi connectivity index (χ2v) is 14.1. The number of hydrogen-bond donors (Lipinski definition) is 1. The smallest absolute Gasteiger partial charge is 0.301 e. The van der Waals surface area contributed by atoms with Crippen molar-refractivity contribution >= 4 is 85.5 Å². The summed E-state index contributed by atoms with van der Waals surface area (Å²) in [5.41, 5.74) is -1.83. The fourth-order valence-corrected chi connectivity index (χ4v) is 9.27. The predicted molar refractivity (Wildman–Crippen MR) is 179 cm³/mol. The van der Waals surface area contributed by atoms with Crippen LogP contribution in [-0.4, -0.2) is 79.4 Å². The number of para-hydroxylation sites is 1. The first-order valence-corrected chi connectivity index (χ1v) is 16.9. The Morgan fingerprint density at radius 1 is 1.04 bits per heavy atom. The number of halogens is 3. The Morgan fingerprint density at radius 3 is 2.22 bits per heavy atom. The van der Waals surface area contributed by atoms with Gasteiger partial charge < -0.3 is 14.7 Å². The van der Waals surface area contributed by atoms with Gasteiger partial charge in [-0.3, -0.25) is 44.3 Å². The molecule has 2 aromatic rings. The van der Waals surface area contributed by atoms with Gasteiger partial charge in [0.05, 0.1) is 39.4 Å². The molecule has 6 atom stereocenters. The van der Waals surface area contributed by atoms with E-state index in [1.807, 2.05) is 0 Å². The number of allylic oxidation sites excluding steroid dienone is 2. The molecule has 0 aromatic heterocycles. The van der Waals surface area contributed by atoms with Crippen molar-refractivity contribution in [1.29, 1.82) is 0 Å². The number of amides is 4. The molecule has 1 saturated carbocycles. The van der Waals surface area contributed by atoms with Crippen LogP contribution in [0.25, 0.3) is 0 Å². The van der Waals surface area contributed by atoms with E-state index in [1.54, 1.807) is 19.1 Å². The first-order chi connectivity index (χ1) is 23.1. The van der Waals surface area contributed by atoms with Crippen LogP contribution in [0.15, 0.2) is 42.0 Å². The van der Waals surface area contributed by atoms with Crippen LogP contribution in [0.4, 0.5) is 22.7 Å². The lowest BCUT2D eigenvalue weighted by Crippen LogP contribution is -2.60. The van der Waals surface area contributed by atoms with E-state index in [-0.39, 0.29) is 53.3 Å². The summed E-state index contributed by atoms with van der Waals surface area (Å²) in [5.74, 6) is -8.02. The van der Waals surface area contributed by atoms with Crippen molar-refractivity contribution < 1.29 is 38.9 Å². The lowest BCUT2D eigenvalue weighted by Gasteiger charge is -2.50. The van der Waals surface area contributed by atoms with Crippen molar-refractivity contribution in [2.45, 2.75) is 35.4 Å². The highest BCUT2D eigenvalue weighted by molar-refractivity contribution is 9.09. The lowest BCUT2D eigenvalue weighted by atomic mass is 9.56. The number of imide groups is 2. The quantitative estimate of drug-likeness (QED) is 0.0984. The SMILES string of the molecule is CCOc1cccc([C@H]2C3=CC[C@@H]4C(=O)N(c5cc([N+](=O)[O-])c(N(C)C)c([N+](=O)[O-])c5)C(=O)[C@@H]4[C@@H]3C[C@@]3(Cl)C(=O)N(CBr)C(=O)[C@@]23Cl)c1O. The van der Waals surface area contributed by atoms with E-state index in [0.29, 0.717) is 10.5 Å². The van der Waals surface area contributed by atoms with Crippen molar-refractivity contribution in [2.24, 2.45) is 17.8 Å². The van der Waals surface area contributed by atoms with Gasteiger partial charge in [-0.2, -0.15) is 0 Å². The van der Waals surface area contributed by atoms with Crippen molar-refractivity contribution in [3.8, 4) is 11.5 Å². The van der Waals surface area contributed by atoms with Gasteiger partial charge in [-0.05, 0) is 31.7 Å². The monoisotopic (exact) mass is 779 g/mol. The number of ether oxygens (including phenoxy) is 1. The van der Waals surface area contributed by atoms with Gasteiger partial charge in [0, 0.05) is 37.7 Å². The molecular weight excluding hydrogens is 753 g/mol. The zero-order chi connectivity index (χ0) is 35.9. The van der Waals surface area contributed by atoms with E-state index in [4.69, 9.17) is 27.9 Å². The summed E-state index contributed by atoms with van der Waals surface area (Å²) in [7, 11) is 2.77. The number of rotatable bonds is 8. The summed E-state index contributed by atoms with van der Waals surface area (Å²) >= 11 is 17.6. The molecule has 1 N–H and O–H groups in total. The minimum atomic E-state index is -2.18. The molecule has 3 fully saturated rings. The summed E-state index contributed by atoms with van der Waals surface area (Å²) in [6, 6.07) is 6.45. The van der Waals surface area contributed by atoms with Gasteiger partial charge in [-0.1, -0.05) is 39.7 Å². The fraction of sp³-hybridized carbons (Fsp3) is 0.419. The minimum absolute atomic E-state index is 0.0491. The largest absolute Gasteiger partial charge is 0.504 e. The number of nitrogens with zero attached hydrogens (tertiary/aromatic N) is 5. The molecule has 0 spiro atoms. The molecule has 2 saturated heterocycles. The second-order valence-electron chi connectivity index (χ2n) is 12.4. The Balaban J connectivity index is 1.53. The van der Waals surface area contributed by atoms with Crippen LogP contribution in [0.3, 0.4) is 0 Å². The van der Waals surface area contributed by atoms with Crippen LogP contribution >= 0.6 is 39.1 Å². The minimum Gasteiger partial charge on any atom is -0.504 e. The van der Waals surface area contributed by atoms with Gasteiger partial charge in [-0.25, -0.2) is 4.90 Å². The molecule has 49 heavy (non-hydrogen) atoms. The molecule has 18 heteroatoms. The Hall–Kier alpha value is -4.28. The molecular formula is C31H28BrCl2N5O10. The molecule has 2 aliphatic carbocycles. The summed E-state index contributed by atoms with van der Waals surface area (Å²) < 4.78 is 5.58. The number of fused-ring (bicyclic) bond motifs is 4. The molecule has 0 bridgehead atoms. The Labute approximate surface area is 296 Å². The third-order valence-electron chi connectivity index (χ3n) is 9.81. The molecule has 15 nitrogen and oxygen atoms in total. The highest BCUT2D eigenvalue weighted by Crippen LogP contribution is 2.66. The fourth-order valence-electron chi connectivity index (χ4n) is 7.85. The molecule has 4 amide bonds. The van der Waals surface area contributed by atoms with E-state index in [1.165, 1.54) is 31.1 Å². The van der Waals surface area contributed by atoms with Gasteiger partial charge >= 0.3 is 11.4 Å². The summed E-state index contributed by atoms with van der Waals surface area (Å²) in [6.07, 6.45) is 1.24. The van der Waals surface area contributed by atoms with Crippen LogP contribution < -0.4 is 14.5 Å². The first kappa shape index (κ1) is 34.6. The van der Waals surface area contributed by atoms with Crippen LogP contribution in [-0.2, 0) is 19.2 Å². The highest BCUT2D eigenvalue weighted by atomic mass is 79.9. The summed E-state index contributed by atoms with van der Waals surface area (Å²) in [6.45, 7) is 1.90. The van der Waals surface area contributed by atoms with Crippen LogP contribution in [0, 0.1) is 38.0 Å². The summed E-state index contributed by atoms with van der Waals surface area (Å²) in [5, 5.41) is 35.5. The van der Waals surface area contributed by atoms with Crippen LogP contribution in [0.2, 0.25) is 0 Å². The Kier molecular flexibility index (Phi) is 8.43. The number of nitro groups is 2. The molecule has 2 heterocycles. The number of carbonyl (C=O) groups excluding carboxylic acids is 4. The Bertz CT molecular complexity index is 1870. The molecule has 2 aliphatic heterocycles. The number of anilines is 2. The van der Waals surface area contributed by atoms with Crippen molar-refractivity contribution in [3.63, 3.8) is 0 Å². The number of hydrogen-bond acceptors (Lipinski definition) is 11. The van der Waals surface area contributed by atoms with Crippen molar-refractivity contribution in [2.75, 3.05) is 36.0 Å². The van der Waals surface area contributed by atoms with Crippen LogP contribution in [0.5, 0.6) is 11.5 Å². The molecule has 6 rings (SSSR count). The number of aromatic hydroxyl groups is 1. The van der Waals surface area contributed by atoms with E-state index < -0.39 is 78.3 Å². The maximum Gasteiger partial charge on any atom is 0.301 e. The molecule has 4 aliphatic rings. The molecule has 0 radical (unpaired) electrons. The number of nitro benzene ring substituents is 2. The van der Waals surface area contributed by atoms with E-state index in [2.05, 4.69) is 15.9 Å². The number of phenolic OH excluding ortho intramolecular Hbond substituents is 1. The van der Waals surface area contributed by atoms with Gasteiger partial charge in [-0.15, -0.1) is 23.2 Å². The third kappa shape index (κ3) is 4.66. The van der Waals surface area contributed by atoms with E-state index in [0.717, 1.165) is 17.0 Å². The zero-order valence-corrected chi connectivity index (χ0v) is 29.2. The average molecular weight is 781 g/mol. The highest BCUT2D eigenvalue weighted by Gasteiger charge is 2.76. The van der Waals surface area contributed by atoms with Gasteiger partial charge in [0.15, 0.2) is 26.9 Å². The predicted octanol–water partition coefficient (Wildman–Crippen LogP) is 4.59.